The Balaban J connectivity index is 3.80. The van der Waals surface area contributed by atoms with Gasteiger partial charge in [0.2, 0.25) is 0 Å². The van der Waals surface area contributed by atoms with Crippen molar-refractivity contribution in [2.24, 2.45) is 22.1 Å². The van der Waals surface area contributed by atoms with Gasteiger partial charge in [-0.05, 0) is 0 Å². The van der Waals surface area contributed by atoms with E-state index in [2.05, 4.69) is 15.0 Å². The fraction of sp³-hybridized carbons (Fsp3) is 0.778. The summed E-state index contributed by atoms with van der Waals surface area (Å²) in [5.41, 5.74) is 0. The molecule has 0 aromatic heterocycles. The Hall–Kier alpha value is -1.46. The van der Waals surface area contributed by atoms with Crippen molar-refractivity contribution in [1.82, 2.24) is 0 Å². The summed E-state index contributed by atoms with van der Waals surface area (Å²) in [4.78, 5) is 21.3. The van der Waals surface area contributed by atoms with Crippen LogP contribution in [0.5, 0.6) is 0 Å². The van der Waals surface area contributed by atoms with Gasteiger partial charge in [0.1, 0.15) is 0 Å². The average molecular weight is 216 g/mol. The fourth-order valence-corrected chi connectivity index (χ4v) is 0.714. The summed E-state index contributed by atoms with van der Waals surface area (Å²) < 4.78 is 4.49. The lowest BCUT2D eigenvalue weighted by Gasteiger charge is -2.04. The molecule has 0 aromatic carbocycles. The number of esters is 1. The molecule has 0 fully saturated rings. The van der Waals surface area contributed by atoms with Crippen LogP contribution in [0, 0.1) is 11.8 Å². The quantitative estimate of drug-likeness (QED) is 0.529. The van der Waals surface area contributed by atoms with Gasteiger partial charge in [-0.3, -0.25) is 9.59 Å². The number of aliphatic carboxylic acids is 1. The molecule has 0 amide bonds. The first-order valence-corrected chi connectivity index (χ1v) is 4.63. The van der Waals surface area contributed by atoms with E-state index in [1.54, 1.807) is 13.8 Å². The molecule has 0 saturated heterocycles. The summed E-state index contributed by atoms with van der Waals surface area (Å²) in [6.07, 6.45) is 0. The smallest absolute Gasteiger partial charge is 0.310 e. The Morgan fingerprint density at radius 1 is 1.20 bits per heavy atom. The summed E-state index contributed by atoms with van der Waals surface area (Å²) in [6, 6.07) is 0. The molecule has 0 aromatic rings. The van der Waals surface area contributed by atoms with E-state index in [9.17, 15) is 9.59 Å². The van der Waals surface area contributed by atoms with E-state index in [0.717, 1.165) is 0 Å². The number of nitrogens with zero attached hydrogens (tertiary/aromatic N) is 2. The number of carboxylic acid groups (broad SMARTS) is 1. The van der Waals surface area contributed by atoms with E-state index in [1.807, 2.05) is 0 Å². The van der Waals surface area contributed by atoms with Gasteiger partial charge in [-0.1, -0.05) is 13.8 Å². The van der Waals surface area contributed by atoms with Crippen LogP contribution >= 0.6 is 0 Å². The van der Waals surface area contributed by atoms with Crippen LogP contribution in [0.3, 0.4) is 0 Å². The third-order valence-electron chi connectivity index (χ3n) is 1.84. The summed E-state index contributed by atoms with van der Waals surface area (Å²) in [5, 5.41) is 16.0. The van der Waals surface area contributed by atoms with Crippen molar-refractivity contribution < 1.29 is 19.4 Å². The average Bonchev–Trinajstić information content (AvgIpc) is 2.22. The monoisotopic (exact) mass is 216 g/mol. The SMILES string of the molecule is COC(=O)C(C)CN=NCC(C)C(=O)O. The molecule has 0 radical (unpaired) electrons. The summed E-state index contributed by atoms with van der Waals surface area (Å²) in [6.45, 7) is 3.57. The first kappa shape index (κ1) is 13.5. The number of azo groups is 1. The number of carbonyl (C=O) groups is 2. The molecule has 0 aliphatic heterocycles. The molecule has 0 spiro atoms. The number of rotatable bonds is 6. The van der Waals surface area contributed by atoms with E-state index in [1.165, 1.54) is 7.11 Å². The minimum Gasteiger partial charge on any atom is -0.481 e. The van der Waals surface area contributed by atoms with Crippen LogP contribution in [0.25, 0.3) is 0 Å². The highest BCUT2D eigenvalue weighted by Gasteiger charge is 2.12. The summed E-state index contributed by atoms with van der Waals surface area (Å²) >= 11 is 0. The van der Waals surface area contributed by atoms with Gasteiger partial charge >= 0.3 is 11.9 Å². The number of hydrogen-bond donors (Lipinski definition) is 1. The second-order valence-corrected chi connectivity index (χ2v) is 3.31. The molecule has 0 aliphatic carbocycles. The van der Waals surface area contributed by atoms with Crippen LogP contribution in [0.15, 0.2) is 10.2 Å². The van der Waals surface area contributed by atoms with Gasteiger partial charge in [-0.2, -0.15) is 10.2 Å². The fourth-order valence-electron chi connectivity index (χ4n) is 0.714. The van der Waals surface area contributed by atoms with Crippen LogP contribution < -0.4 is 0 Å². The van der Waals surface area contributed by atoms with Crippen molar-refractivity contribution in [1.29, 1.82) is 0 Å². The summed E-state index contributed by atoms with van der Waals surface area (Å²) in [5.74, 6) is -2.16. The van der Waals surface area contributed by atoms with Crippen molar-refractivity contribution in [3.05, 3.63) is 0 Å². The molecule has 1 N–H and O–H groups in total. The minimum atomic E-state index is -0.907. The predicted molar refractivity (Wildman–Crippen MR) is 52.6 cm³/mol. The summed E-state index contributed by atoms with van der Waals surface area (Å²) in [7, 11) is 1.31. The molecule has 2 atom stereocenters. The first-order chi connectivity index (χ1) is 6.99. The maximum Gasteiger partial charge on any atom is 0.310 e. The molecular formula is C9H16N2O4. The third-order valence-corrected chi connectivity index (χ3v) is 1.84. The second-order valence-electron chi connectivity index (χ2n) is 3.31. The molecule has 0 bridgehead atoms. The molecule has 15 heavy (non-hydrogen) atoms. The third kappa shape index (κ3) is 5.77. The lowest BCUT2D eigenvalue weighted by molar-refractivity contribution is -0.144. The van der Waals surface area contributed by atoms with Crippen molar-refractivity contribution in [3.63, 3.8) is 0 Å². The van der Waals surface area contributed by atoms with E-state index in [-0.39, 0.29) is 25.0 Å². The Morgan fingerprint density at radius 2 is 1.67 bits per heavy atom. The number of carbonyl (C=O) groups excluding carboxylic acids is 1. The molecule has 0 heterocycles. The van der Waals surface area contributed by atoms with Gasteiger partial charge in [-0.15, -0.1) is 0 Å². The molecule has 2 unspecified atom stereocenters. The van der Waals surface area contributed by atoms with Crippen molar-refractivity contribution in [2.75, 3.05) is 20.2 Å². The number of ether oxygens (including phenoxy) is 1. The minimum absolute atomic E-state index is 0.128. The van der Waals surface area contributed by atoms with E-state index in [4.69, 9.17) is 5.11 Å². The van der Waals surface area contributed by atoms with E-state index >= 15 is 0 Å². The largest absolute Gasteiger partial charge is 0.481 e. The normalized spacial score (nSPS) is 14.9. The zero-order valence-corrected chi connectivity index (χ0v) is 9.14. The van der Waals surface area contributed by atoms with Gasteiger partial charge in [0.05, 0.1) is 32.0 Å². The topological polar surface area (TPSA) is 88.3 Å². The molecule has 0 aliphatic rings. The second kappa shape index (κ2) is 6.92. The van der Waals surface area contributed by atoms with E-state index < -0.39 is 11.9 Å². The van der Waals surface area contributed by atoms with Gasteiger partial charge in [0.25, 0.3) is 0 Å². The van der Waals surface area contributed by atoms with Gasteiger partial charge < -0.3 is 9.84 Å². The molecule has 6 heteroatoms. The highest BCUT2D eigenvalue weighted by molar-refractivity contribution is 5.72. The maximum atomic E-state index is 10.9. The Kier molecular flexibility index (Phi) is 6.24. The highest BCUT2D eigenvalue weighted by Crippen LogP contribution is 2.00. The molecule has 86 valence electrons. The highest BCUT2D eigenvalue weighted by atomic mass is 16.5. The standard InChI is InChI=1S/C9H16N2O4/c1-6(8(12)13)4-10-11-5-7(2)9(14)15-3/h6-7H,4-5H2,1-3H3,(H,12,13). The van der Waals surface area contributed by atoms with Crippen molar-refractivity contribution >= 4 is 11.9 Å². The zero-order chi connectivity index (χ0) is 11.8. The van der Waals surface area contributed by atoms with E-state index in [0.29, 0.717) is 0 Å². The van der Waals surface area contributed by atoms with Crippen LogP contribution in [-0.4, -0.2) is 37.2 Å². The van der Waals surface area contributed by atoms with Crippen molar-refractivity contribution in [2.45, 2.75) is 13.8 Å². The molecule has 0 rings (SSSR count). The van der Waals surface area contributed by atoms with Gasteiger partial charge in [0.15, 0.2) is 0 Å². The predicted octanol–water partition coefficient (Wildman–Crippen LogP) is 0.968. The number of hydrogen-bond acceptors (Lipinski definition) is 5. The van der Waals surface area contributed by atoms with Gasteiger partial charge in [0, 0.05) is 0 Å². The molecule has 0 saturated carbocycles. The molecular weight excluding hydrogens is 200 g/mol. The zero-order valence-electron chi connectivity index (χ0n) is 9.14. The number of carboxylic acids is 1. The lowest BCUT2D eigenvalue weighted by atomic mass is 10.2. The lowest BCUT2D eigenvalue weighted by Crippen LogP contribution is -2.16. The van der Waals surface area contributed by atoms with Gasteiger partial charge in [-0.25, -0.2) is 0 Å². The van der Waals surface area contributed by atoms with Crippen LogP contribution in [0.1, 0.15) is 13.8 Å². The first-order valence-electron chi connectivity index (χ1n) is 4.63. The van der Waals surface area contributed by atoms with Crippen LogP contribution in [0.4, 0.5) is 0 Å². The Bertz CT molecular complexity index is 252. The maximum absolute atomic E-state index is 10.9. The molecule has 6 nitrogen and oxygen atoms in total. The number of methoxy groups -OCH3 is 1. The van der Waals surface area contributed by atoms with Crippen molar-refractivity contribution in [3.8, 4) is 0 Å². The Labute approximate surface area is 88.3 Å². The van der Waals surface area contributed by atoms with Crippen LogP contribution in [0.2, 0.25) is 0 Å². The Morgan fingerprint density at radius 3 is 2.07 bits per heavy atom. The van der Waals surface area contributed by atoms with Crippen LogP contribution in [-0.2, 0) is 14.3 Å².